The molecule has 1 aromatic heterocycles. The minimum Gasteiger partial charge on any atom is -0.492 e. The van der Waals surface area contributed by atoms with Crippen LogP contribution in [0.25, 0.3) is 0 Å². The third-order valence-corrected chi connectivity index (χ3v) is 9.91. The van der Waals surface area contributed by atoms with Gasteiger partial charge in [0.1, 0.15) is 30.0 Å². The number of nitrogens with zero attached hydrogens (tertiary/aromatic N) is 6. The maximum absolute atomic E-state index is 13.6. The summed E-state index contributed by atoms with van der Waals surface area (Å²) in [6.45, 7) is 7.12. The number of ether oxygens (including phenoxy) is 1. The molecular formula is C38H40F3N9O7S. The van der Waals surface area contributed by atoms with Crippen LogP contribution in [0.4, 0.5) is 35.9 Å². The highest BCUT2D eigenvalue weighted by atomic mass is 32.1. The Bertz CT molecular complexity index is 2090. The van der Waals surface area contributed by atoms with E-state index in [1.54, 1.807) is 67.3 Å². The predicted octanol–water partition coefficient (Wildman–Crippen LogP) is 3.44. The van der Waals surface area contributed by atoms with E-state index in [9.17, 15) is 32.3 Å². The van der Waals surface area contributed by atoms with Crippen molar-refractivity contribution in [2.24, 2.45) is 0 Å². The van der Waals surface area contributed by atoms with Crippen molar-refractivity contribution in [3.05, 3.63) is 72.1 Å². The van der Waals surface area contributed by atoms with Crippen LogP contribution in [0.5, 0.6) is 5.75 Å². The molecule has 0 radical (unpaired) electrons. The number of nitriles is 1. The van der Waals surface area contributed by atoms with Gasteiger partial charge >= 0.3 is 6.18 Å². The van der Waals surface area contributed by atoms with E-state index in [4.69, 9.17) is 32.1 Å². The number of nitrogens with one attached hydrogen (secondary N) is 3. The molecule has 58 heavy (non-hydrogen) atoms. The summed E-state index contributed by atoms with van der Waals surface area (Å²) in [5, 5.41) is 24.3. The van der Waals surface area contributed by atoms with Crippen molar-refractivity contribution < 1.29 is 47.0 Å². The summed E-state index contributed by atoms with van der Waals surface area (Å²) < 4.78 is 46.9. The molecule has 4 heterocycles. The molecule has 3 aliphatic heterocycles. The molecule has 16 nitrogen and oxygen atoms in total. The van der Waals surface area contributed by atoms with Gasteiger partial charge in [-0.25, -0.2) is 4.98 Å². The molecule has 2 aromatic carbocycles. The van der Waals surface area contributed by atoms with Gasteiger partial charge in [0, 0.05) is 56.2 Å². The molecule has 4 amide bonds. The van der Waals surface area contributed by atoms with Gasteiger partial charge in [-0.3, -0.25) is 44.0 Å². The van der Waals surface area contributed by atoms with Crippen molar-refractivity contribution in [2.45, 2.75) is 44.4 Å². The lowest BCUT2D eigenvalue weighted by atomic mass is 10.0. The first-order chi connectivity index (χ1) is 27.5. The first-order valence-electron chi connectivity index (χ1n) is 18.0. The first-order valence-corrected chi connectivity index (χ1v) is 18.4. The fourth-order valence-corrected chi connectivity index (χ4v) is 7.14. The predicted molar refractivity (Wildman–Crippen MR) is 209 cm³/mol. The molecule has 3 fully saturated rings. The molecule has 0 bridgehead atoms. The average molecular weight is 824 g/mol. The van der Waals surface area contributed by atoms with Crippen LogP contribution in [0.2, 0.25) is 0 Å². The minimum absolute atomic E-state index is 0.0338. The Balaban J connectivity index is 0.00000207. The monoisotopic (exact) mass is 823 g/mol. The molecule has 3 aromatic rings. The maximum atomic E-state index is 13.6. The van der Waals surface area contributed by atoms with Gasteiger partial charge in [0.15, 0.2) is 10.8 Å². The number of hydrogen-bond acceptors (Lipinski definition) is 12. The number of carbonyl (C=O) groups is 5. The van der Waals surface area contributed by atoms with E-state index in [2.05, 4.69) is 30.7 Å². The zero-order valence-corrected chi connectivity index (χ0v) is 32.2. The molecule has 0 saturated carbocycles. The molecule has 20 heteroatoms. The van der Waals surface area contributed by atoms with Gasteiger partial charge in [0.25, 0.3) is 12.4 Å². The van der Waals surface area contributed by atoms with Crippen LogP contribution in [-0.2, 0) is 30.1 Å². The van der Waals surface area contributed by atoms with Crippen LogP contribution in [0.1, 0.15) is 37.9 Å². The Morgan fingerprint density at radius 1 is 1.07 bits per heavy atom. The second-order valence-corrected chi connectivity index (χ2v) is 14.2. The Morgan fingerprint density at radius 3 is 2.36 bits per heavy atom. The summed E-state index contributed by atoms with van der Waals surface area (Å²) >= 11 is 5.59. The van der Waals surface area contributed by atoms with Crippen LogP contribution in [0, 0.1) is 11.3 Å². The van der Waals surface area contributed by atoms with Crippen molar-refractivity contribution in [1.29, 1.82) is 5.26 Å². The second kappa shape index (κ2) is 18.4. The Morgan fingerprint density at radius 2 is 1.72 bits per heavy atom. The number of piperazine rings is 1. The number of amides is 4. The number of benzene rings is 2. The van der Waals surface area contributed by atoms with Gasteiger partial charge in [0.05, 0.1) is 24.0 Å². The third kappa shape index (κ3) is 10.2. The first kappa shape index (κ1) is 43.0. The summed E-state index contributed by atoms with van der Waals surface area (Å²) in [6, 6.07) is 15.6. The quantitative estimate of drug-likeness (QED) is 0.125. The van der Waals surface area contributed by atoms with E-state index in [-0.39, 0.29) is 48.0 Å². The molecule has 1 atom stereocenters. The van der Waals surface area contributed by atoms with E-state index in [1.807, 2.05) is 0 Å². The molecule has 0 aliphatic carbocycles. The van der Waals surface area contributed by atoms with Crippen molar-refractivity contribution >= 4 is 70.2 Å². The molecular weight excluding hydrogens is 784 g/mol. The van der Waals surface area contributed by atoms with Crippen LogP contribution in [0.3, 0.4) is 0 Å². The Kier molecular flexibility index (Phi) is 13.6. The van der Waals surface area contributed by atoms with Gasteiger partial charge in [-0.2, -0.15) is 18.4 Å². The normalized spacial score (nSPS) is 18.4. The maximum Gasteiger partial charge on any atom is 0.419 e. The highest BCUT2D eigenvalue weighted by Gasteiger charge is 2.51. The van der Waals surface area contributed by atoms with Crippen molar-refractivity contribution in [2.75, 3.05) is 66.3 Å². The molecule has 6 rings (SSSR count). The topological polar surface area (TPSA) is 201 Å². The number of carboxylic acid groups (broad SMARTS) is 1. The molecule has 3 aliphatic rings. The van der Waals surface area contributed by atoms with E-state index in [0.29, 0.717) is 61.5 Å². The number of pyridine rings is 1. The summed E-state index contributed by atoms with van der Waals surface area (Å²) in [4.78, 5) is 68.7. The lowest BCUT2D eigenvalue weighted by Gasteiger charge is -2.34. The van der Waals surface area contributed by atoms with E-state index in [0.717, 1.165) is 24.2 Å². The number of aromatic nitrogens is 1. The van der Waals surface area contributed by atoms with Crippen LogP contribution >= 0.6 is 12.2 Å². The zero-order chi connectivity index (χ0) is 42.2. The lowest BCUT2D eigenvalue weighted by Crippen LogP contribution is -2.49. The summed E-state index contributed by atoms with van der Waals surface area (Å²) in [7, 11) is 0. The average Bonchev–Trinajstić information content (AvgIpc) is 3.35. The fraction of sp³-hybridized carbons (Fsp3) is 0.368. The van der Waals surface area contributed by atoms with Gasteiger partial charge in [-0.15, -0.1) is 0 Å². The Labute approximate surface area is 336 Å². The van der Waals surface area contributed by atoms with Crippen molar-refractivity contribution in [1.82, 2.24) is 20.1 Å². The number of rotatable bonds is 11. The number of thiocarbonyl (C=S) groups is 1. The fourth-order valence-electron chi connectivity index (χ4n) is 6.62. The van der Waals surface area contributed by atoms with Gasteiger partial charge in [0.2, 0.25) is 17.7 Å². The highest BCUT2D eigenvalue weighted by Crippen LogP contribution is 2.39. The second-order valence-electron chi connectivity index (χ2n) is 13.9. The van der Waals surface area contributed by atoms with E-state index < -0.39 is 34.9 Å². The lowest BCUT2D eigenvalue weighted by molar-refractivity contribution is -0.138. The number of alkyl halides is 3. The smallest absolute Gasteiger partial charge is 0.419 e. The SMILES string of the molecule is CC1(C)C(=O)N(c2cnc(C#N)c(C(F)(F)F)c2)C(=S)N1c1ccc(OCCN2CCN(CC(=O)Nc3cccc(NC4CCC(=O)NC4=O)c3)CC2)cc1.O=CO. The van der Waals surface area contributed by atoms with Crippen molar-refractivity contribution in [3.63, 3.8) is 0 Å². The number of carbonyl (C=O) groups excluding carboxylic acids is 4. The number of halogens is 3. The Hall–Kier alpha value is -6.17. The summed E-state index contributed by atoms with van der Waals surface area (Å²) in [5.74, 6) is -0.787. The van der Waals surface area contributed by atoms with Gasteiger partial charge in [-0.05, 0) is 81.0 Å². The van der Waals surface area contributed by atoms with E-state index in [1.165, 1.54) is 6.07 Å². The number of piperidine rings is 1. The minimum atomic E-state index is -4.85. The largest absolute Gasteiger partial charge is 0.492 e. The molecule has 1 unspecified atom stereocenters. The standard InChI is InChI=1S/C37H38F3N9O5S.CH2O2/c1-36(2)34(53)48(26-19-28(37(38,39)40)30(20-41)42-21-26)35(55)49(36)25-6-8-27(9-7-25)54-17-16-46-12-14-47(15-13-46)22-32(51)44-24-5-3-4-23(18-24)43-29-10-11-31(50)45-33(29)52;2-1-3/h3-9,18-19,21,29,43H,10-17,22H2,1-2H3,(H,44,51)(H,45,50,52);1H,(H,2,3). The molecule has 0 spiro atoms. The summed E-state index contributed by atoms with van der Waals surface area (Å²) in [5.41, 5.74) is -1.69. The number of imide groups is 1. The van der Waals surface area contributed by atoms with Crippen LogP contribution in [-0.4, -0.2) is 113 Å². The summed E-state index contributed by atoms with van der Waals surface area (Å²) in [6.07, 6.45) is -3.16. The van der Waals surface area contributed by atoms with Gasteiger partial charge < -0.3 is 25.4 Å². The van der Waals surface area contributed by atoms with Crippen LogP contribution in [0.15, 0.2) is 60.8 Å². The molecule has 3 saturated heterocycles. The zero-order valence-electron chi connectivity index (χ0n) is 31.4. The number of anilines is 4. The van der Waals surface area contributed by atoms with E-state index >= 15 is 0 Å². The number of hydrogen-bond donors (Lipinski definition) is 4. The van der Waals surface area contributed by atoms with Crippen LogP contribution < -0.4 is 30.5 Å². The van der Waals surface area contributed by atoms with Crippen molar-refractivity contribution in [3.8, 4) is 11.8 Å². The molecule has 4 N–H and O–H groups in total. The highest BCUT2D eigenvalue weighted by molar-refractivity contribution is 7.81. The van der Waals surface area contributed by atoms with Gasteiger partial charge in [-0.1, -0.05) is 6.07 Å². The molecule has 306 valence electrons. The third-order valence-electron chi connectivity index (χ3n) is 9.54.